The molecule has 0 aliphatic rings. The maximum Gasteiger partial charge on any atom is 0.125 e. The Morgan fingerprint density at radius 3 is 1.39 bits per heavy atom. The summed E-state index contributed by atoms with van der Waals surface area (Å²) < 4.78 is 0. The Bertz CT molecular complexity index is 239. The van der Waals surface area contributed by atoms with Gasteiger partial charge in [-0.3, -0.25) is 0 Å². The lowest BCUT2D eigenvalue weighted by Gasteiger charge is -1.98. The minimum atomic E-state index is 0.822. The second kappa shape index (κ2) is 14.1. The first-order chi connectivity index (χ1) is 8.81. The van der Waals surface area contributed by atoms with Gasteiger partial charge in [-0.15, -0.1) is 0 Å². The van der Waals surface area contributed by atoms with E-state index in [2.05, 4.69) is 23.8 Å². The van der Waals surface area contributed by atoms with Crippen molar-refractivity contribution in [2.24, 2.45) is 0 Å². The molecule has 0 aromatic carbocycles. The number of hydrogen-bond acceptors (Lipinski definition) is 2. The van der Waals surface area contributed by atoms with Crippen molar-refractivity contribution in [2.75, 3.05) is 0 Å². The topological polar surface area (TPSA) is 25.8 Å². The zero-order valence-electron chi connectivity index (χ0n) is 12.5. The van der Waals surface area contributed by atoms with Crippen LogP contribution in [0.25, 0.3) is 0 Å². The van der Waals surface area contributed by atoms with E-state index in [4.69, 9.17) is 0 Å². The summed E-state index contributed by atoms with van der Waals surface area (Å²) in [6, 6.07) is 1.80. The Morgan fingerprint density at radius 2 is 1.11 bits per heavy atom. The number of aryl methyl sites for hydroxylation is 1. The fourth-order valence-electron chi connectivity index (χ4n) is 1.76. The Morgan fingerprint density at radius 1 is 0.722 bits per heavy atom. The largest absolute Gasteiger partial charge is 0.242 e. The molecule has 2 nitrogen and oxygen atoms in total. The molecule has 0 amide bonds. The third-order valence-corrected chi connectivity index (χ3v) is 2.90. The average molecular weight is 250 g/mol. The zero-order chi connectivity index (χ0) is 13.5. The summed E-state index contributed by atoms with van der Waals surface area (Å²) >= 11 is 0. The quantitative estimate of drug-likeness (QED) is 0.583. The van der Waals surface area contributed by atoms with Crippen LogP contribution in [0.2, 0.25) is 0 Å². The first-order valence-corrected chi connectivity index (χ1v) is 7.54. The first-order valence-electron chi connectivity index (χ1n) is 7.54. The van der Waals surface area contributed by atoms with Crippen LogP contribution in [0.5, 0.6) is 0 Å². The fourth-order valence-corrected chi connectivity index (χ4v) is 1.76. The highest BCUT2D eigenvalue weighted by molar-refractivity contribution is 4.83. The molecule has 1 heterocycles. The smallest absolute Gasteiger partial charge is 0.125 e. The standard InChI is InChI=1S/C11H24.C5H6N2/c1-3-5-7-9-11-10-8-6-4-2;1-5-6-3-2-4-7-5/h3-11H2,1-2H3;2-4H,1H3. The zero-order valence-corrected chi connectivity index (χ0v) is 12.5. The molecule has 0 spiro atoms. The van der Waals surface area contributed by atoms with E-state index in [0.717, 1.165) is 5.82 Å². The molecule has 0 aliphatic carbocycles. The summed E-state index contributed by atoms with van der Waals surface area (Å²) in [6.07, 6.45) is 16.4. The van der Waals surface area contributed by atoms with E-state index in [0.29, 0.717) is 0 Å². The Balaban J connectivity index is 0.000000351. The molecule has 0 atom stereocenters. The van der Waals surface area contributed by atoms with E-state index < -0.39 is 0 Å². The Hall–Kier alpha value is -0.920. The summed E-state index contributed by atoms with van der Waals surface area (Å²) in [5, 5.41) is 0. The summed E-state index contributed by atoms with van der Waals surface area (Å²) in [5.74, 6) is 0.822. The van der Waals surface area contributed by atoms with Crippen LogP contribution in [-0.4, -0.2) is 9.97 Å². The third-order valence-electron chi connectivity index (χ3n) is 2.90. The van der Waals surface area contributed by atoms with Crippen LogP contribution in [0.1, 0.15) is 77.5 Å². The molecule has 0 unspecified atom stereocenters. The lowest BCUT2D eigenvalue weighted by molar-refractivity contribution is 0.572. The molecular weight excluding hydrogens is 220 g/mol. The molecule has 1 rings (SSSR count). The molecule has 0 saturated heterocycles. The van der Waals surface area contributed by atoms with Crippen molar-refractivity contribution in [3.8, 4) is 0 Å². The highest BCUT2D eigenvalue weighted by atomic mass is 14.8. The second-order valence-electron chi connectivity index (χ2n) is 4.77. The van der Waals surface area contributed by atoms with Crippen molar-refractivity contribution >= 4 is 0 Å². The predicted octanol–water partition coefficient (Wildman–Crippen LogP) is 5.32. The Kier molecular flexibility index (Phi) is 13.4. The van der Waals surface area contributed by atoms with E-state index in [9.17, 15) is 0 Å². The van der Waals surface area contributed by atoms with Crippen molar-refractivity contribution in [3.63, 3.8) is 0 Å². The van der Waals surface area contributed by atoms with Gasteiger partial charge in [-0.1, -0.05) is 71.6 Å². The average Bonchev–Trinajstić information content (AvgIpc) is 2.39. The van der Waals surface area contributed by atoms with Gasteiger partial charge in [0.05, 0.1) is 0 Å². The molecule has 0 bridgehead atoms. The molecule has 104 valence electrons. The first kappa shape index (κ1) is 17.1. The van der Waals surface area contributed by atoms with Gasteiger partial charge in [0.2, 0.25) is 0 Å². The van der Waals surface area contributed by atoms with Crippen molar-refractivity contribution in [1.82, 2.24) is 9.97 Å². The highest BCUT2D eigenvalue weighted by Crippen LogP contribution is 2.08. The van der Waals surface area contributed by atoms with Crippen LogP contribution in [-0.2, 0) is 0 Å². The van der Waals surface area contributed by atoms with Crippen LogP contribution in [0.4, 0.5) is 0 Å². The minimum absolute atomic E-state index is 0.822. The van der Waals surface area contributed by atoms with Crippen molar-refractivity contribution < 1.29 is 0 Å². The van der Waals surface area contributed by atoms with Crippen molar-refractivity contribution in [2.45, 2.75) is 78.6 Å². The normalized spacial score (nSPS) is 9.72. The Labute approximate surface area is 113 Å². The van der Waals surface area contributed by atoms with Gasteiger partial charge in [0.1, 0.15) is 5.82 Å². The summed E-state index contributed by atoms with van der Waals surface area (Å²) in [7, 11) is 0. The minimum Gasteiger partial charge on any atom is -0.242 e. The van der Waals surface area contributed by atoms with E-state index in [1.165, 1.54) is 57.8 Å². The molecule has 0 N–H and O–H groups in total. The number of hydrogen-bond donors (Lipinski definition) is 0. The van der Waals surface area contributed by atoms with Gasteiger partial charge in [0.25, 0.3) is 0 Å². The fraction of sp³-hybridized carbons (Fsp3) is 0.750. The summed E-state index contributed by atoms with van der Waals surface area (Å²) in [6.45, 7) is 6.41. The number of aromatic nitrogens is 2. The van der Waals surface area contributed by atoms with Crippen molar-refractivity contribution in [1.29, 1.82) is 0 Å². The van der Waals surface area contributed by atoms with E-state index >= 15 is 0 Å². The molecule has 0 saturated carbocycles. The second-order valence-corrected chi connectivity index (χ2v) is 4.77. The van der Waals surface area contributed by atoms with E-state index in [-0.39, 0.29) is 0 Å². The van der Waals surface area contributed by atoms with Crippen LogP contribution in [0, 0.1) is 6.92 Å². The molecular formula is C16H30N2. The van der Waals surface area contributed by atoms with Gasteiger partial charge in [-0.05, 0) is 13.0 Å². The number of rotatable bonds is 8. The lowest BCUT2D eigenvalue weighted by Crippen LogP contribution is -1.80. The van der Waals surface area contributed by atoms with E-state index in [1.807, 2.05) is 6.92 Å². The lowest BCUT2D eigenvalue weighted by atomic mass is 10.1. The van der Waals surface area contributed by atoms with Crippen molar-refractivity contribution in [3.05, 3.63) is 24.3 Å². The van der Waals surface area contributed by atoms with Gasteiger partial charge >= 0.3 is 0 Å². The highest BCUT2D eigenvalue weighted by Gasteiger charge is 1.89. The summed E-state index contributed by atoms with van der Waals surface area (Å²) in [4.78, 5) is 7.74. The van der Waals surface area contributed by atoms with Crippen LogP contribution in [0.3, 0.4) is 0 Å². The van der Waals surface area contributed by atoms with Crippen LogP contribution < -0.4 is 0 Å². The molecule has 1 aromatic rings. The van der Waals surface area contributed by atoms with Gasteiger partial charge in [-0.25, -0.2) is 9.97 Å². The maximum atomic E-state index is 3.87. The third kappa shape index (κ3) is 13.1. The van der Waals surface area contributed by atoms with Gasteiger partial charge in [0.15, 0.2) is 0 Å². The van der Waals surface area contributed by atoms with E-state index in [1.54, 1.807) is 18.5 Å². The molecule has 2 heteroatoms. The van der Waals surface area contributed by atoms with Crippen LogP contribution in [0.15, 0.2) is 18.5 Å². The van der Waals surface area contributed by atoms with Crippen LogP contribution >= 0.6 is 0 Å². The van der Waals surface area contributed by atoms with Gasteiger partial charge < -0.3 is 0 Å². The maximum absolute atomic E-state index is 3.87. The molecule has 18 heavy (non-hydrogen) atoms. The summed E-state index contributed by atoms with van der Waals surface area (Å²) in [5.41, 5.74) is 0. The SMILES string of the molecule is CCCCCCCCCCC.Cc1ncccn1. The van der Waals surface area contributed by atoms with Gasteiger partial charge in [-0.2, -0.15) is 0 Å². The molecule has 0 fully saturated rings. The molecule has 1 aromatic heterocycles. The number of nitrogens with zero attached hydrogens (tertiary/aromatic N) is 2. The molecule has 0 radical (unpaired) electrons. The molecule has 0 aliphatic heterocycles. The predicted molar refractivity (Wildman–Crippen MR) is 79.7 cm³/mol. The van der Waals surface area contributed by atoms with Gasteiger partial charge in [0, 0.05) is 12.4 Å². The number of unbranched alkanes of at least 4 members (excludes halogenated alkanes) is 8. The monoisotopic (exact) mass is 250 g/mol.